The van der Waals surface area contributed by atoms with Crippen LogP contribution in [0.2, 0.25) is 0 Å². The Kier molecular flexibility index (Phi) is 4.56. The Morgan fingerprint density at radius 2 is 1.89 bits per heavy atom. The van der Waals surface area contributed by atoms with Crippen LogP contribution in [0.15, 0.2) is 36.4 Å². The molecule has 1 nitrogen and oxygen atoms in total. The Bertz CT molecular complexity index is 501. The Hall–Kier alpha value is -1.12. The second-order valence-corrected chi connectivity index (χ2v) is 5.70. The number of hydrogen-bond donors (Lipinski definition) is 1. The van der Waals surface area contributed by atoms with Gasteiger partial charge in [-0.2, -0.15) is 0 Å². The molecule has 18 heavy (non-hydrogen) atoms. The first-order chi connectivity index (χ1) is 8.76. The van der Waals surface area contributed by atoms with Crippen LogP contribution in [0.5, 0.6) is 0 Å². The van der Waals surface area contributed by atoms with Crippen LogP contribution in [0, 0.1) is 6.92 Å². The van der Waals surface area contributed by atoms with Gasteiger partial charge in [-0.25, -0.2) is 0 Å². The molecule has 1 heterocycles. The Labute approximate surface area is 114 Å². The van der Waals surface area contributed by atoms with Gasteiger partial charge in [0.25, 0.3) is 0 Å². The third-order valence-electron chi connectivity index (χ3n) is 3.22. The van der Waals surface area contributed by atoms with Gasteiger partial charge in [-0.1, -0.05) is 38.1 Å². The molecule has 0 aliphatic carbocycles. The fourth-order valence-corrected chi connectivity index (χ4v) is 3.27. The summed E-state index contributed by atoms with van der Waals surface area (Å²) < 4.78 is 0. The van der Waals surface area contributed by atoms with Crippen molar-refractivity contribution in [3.05, 3.63) is 57.3 Å². The molecule has 1 aromatic heterocycles. The van der Waals surface area contributed by atoms with E-state index in [2.05, 4.69) is 62.5 Å². The predicted octanol–water partition coefficient (Wildman–Crippen LogP) is 4.32. The number of rotatable bonds is 5. The second kappa shape index (κ2) is 6.17. The van der Waals surface area contributed by atoms with Crippen molar-refractivity contribution in [1.82, 2.24) is 5.32 Å². The van der Waals surface area contributed by atoms with Crippen LogP contribution in [0.25, 0.3) is 0 Å². The molecule has 2 aromatic rings. The van der Waals surface area contributed by atoms with Gasteiger partial charge in [0.1, 0.15) is 0 Å². The van der Waals surface area contributed by atoms with Gasteiger partial charge in [-0.15, -0.1) is 11.3 Å². The molecule has 0 bridgehead atoms. The first-order valence-corrected chi connectivity index (χ1v) is 7.45. The number of benzene rings is 1. The van der Waals surface area contributed by atoms with Crippen molar-refractivity contribution in [1.29, 1.82) is 0 Å². The van der Waals surface area contributed by atoms with E-state index in [1.54, 1.807) is 0 Å². The van der Waals surface area contributed by atoms with Crippen LogP contribution < -0.4 is 5.32 Å². The summed E-state index contributed by atoms with van der Waals surface area (Å²) in [6.45, 7) is 7.55. The minimum atomic E-state index is 0.335. The molecule has 0 aliphatic rings. The van der Waals surface area contributed by atoms with Crippen molar-refractivity contribution < 1.29 is 0 Å². The summed E-state index contributed by atoms with van der Waals surface area (Å²) in [6.07, 6.45) is 1.12. The van der Waals surface area contributed by atoms with E-state index in [0.717, 1.165) is 13.0 Å². The predicted molar refractivity (Wildman–Crippen MR) is 80.4 cm³/mol. The van der Waals surface area contributed by atoms with Crippen molar-refractivity contribution in [3.8, 4) is 0 Å². The monoisotopic (exact) mass is 259 g/mol. The molecule has 0 amide bonds. The summed E-state index contributed by atoms with van der Waals surface area (Å²) in [6, 6.07) is 13.5. The van der Waals surface area contributed by atoms with Crippen molar-refractivity contribution in [2.45, 2.75) is 33.2 Å². The quantitative estimate of drug-likeness (QED) is 0.843. The summed E-state index contributed by atoms with van der Waals surface area (Å²) >= 11 is 1.92. The summed E-state index contributed by atoms with van der Waals surface area (Å²) in [5.41, 5.74) is 2.75. The lowest BCUT2D eigenvalue weighted by atomic mass is 10.00. The molecule has 2 rings (SSSR count). The maximum Gasteiger partial charge on any atom is 0.0673 e. The second-order valence-electron chi connectivity index (χ2n) is 4.50. The van der Waals surface area contributed by atoms with Gasteiger partial charge in [-0.05, 0) is 43.1 Å². The van der Waals surface area contributed by atoms with E-state index in [1.807, 2.05) is 11.3 Å². The number of hydrogen-bond acceptors (Lipinski definition) is 2. The highest BCUT2D eigenvalue weighted by Crippen LogP contribution is 2.30. The number of thiophene rings is 1. The van der Waals surface area contributed by atoms with E-state index in [4.69, 9.17) is 0 Å². The van der Waals surface area contributed by atoms with E-state index in [1.165, 1.54) is 20.9 Å². The van der Waals surface area contributed by atoms with Gasteiger partial charge < -0.3 is 5.32 Å². The van der Waals surface area contributed by atoms with Gasteiger partial charge in [0.2, 0.25) is 0 Å². The van der Waals surface area contributed by atoms with Gasteiger partial charge >= 0.3 is 0 Å². The van der Waals surface area contributed by atoms with Crippen molar-refractivity contribution in [3.63, 3.8) is 0 Å². The summed E-state index contributed by atoms with van der Waals surface area (Å²) in [5.74, 6) is 0. The van der Waals surface area contributed by atoms with Gasteiger partial charge in [0, 0.05) is 9.75 Å². The largest absolute Gasteiger partial charge is 0.306 e. The molecule has 1 N–H and O–H groups in total. The molecule has 0 radical (unpaired) electrons. The van der Waals surface area contributed by atoms with E-state index >= 15 is 0 Å². The molecule has 1 aromatic carbocycles. The maximum absolute atomic E-state index is 3.60. The smallest absolute Gasteiger partial charge is 0.0673 e. The van der Waals surface area contributed by atoms with Crippen molar-refractivity contribution in [2.24, 2.45) is 0 Å². The minimum absolute atomic E-state index is 0.335. The van der Waals surface area contributed by atoms with Crippen LogP contribution in [0.4, 0.5) is 0 Å². The molecule has 0 fully saturated rings. The molecule has 2 heteroatoms. The zero-order chi connectivity index (χ0) is 13.0. The molecule has 0 saturated heterocycles. The molecular formula is C16H21NS. The van der Waals surface area contributed by atoms with Gasteiger partial charge in [0.15, 0.2) is 0 Å². The summed E-state index contributed by atoms with van der Waals surface area (Å²) in [4.78, 5) is 2.88. The zero-order valence-corrected chi connectivity index (χ0v) is 12.2. The van der Waals surface area contributed by atoms with E-state index in [-0.39, 0.29) is 0 Å². The fourth-order valence-electron chi connectivity index (χ4n) is 2.22. The number of nitrogens with one attached hydrogen (secondary N) is 1. The summed E-state index contributed by atoms with van der Waals surface area (Å²) in [5, 5.41) is 3.60. The van der Waals surface area contributed by atoms with E-state index in [9.17, 15) is 0 Å². The molecule has 0 spiro atoms. The Morgan fingerprint density at radius 1 is 1.11 bits per heavy atom. The van der Waals surface area contributed by atoms with Crippen molar-refractivity contribution >= 4 is 11.3 Å². The van der Waals surface area contributed by atoms with Crippen LogP contribution >= 0.6 is 11.3 Å². The Morgan fingerprint density at radius 3 is 2.50 bits per heavy atom. The highest BCUT2D eigenvalue weighted by molar-refractivity contribution is 7.12. The first kappa shape index (κ1) is 13.3. The highest BCUT2D eigenvalue weighted by Gasteiger charge is 2.16. The summed E-state index contributed by atoms with van der Waals surface area (Å²) in [7, 11) is 0. The van der Waals surface area contributed by atoms with Crippen molar-refractivity contribution in [2.75, 3.05) is 6.54 Å². The van der Waals surface area contributed by atoms with Gasteiger partial charge in [0.05, 0.1) is 6.04 Å². The lowest BCUT2D eigenvalue weighted by Crippen LogP contribution is -2.21. The molecule has 1 atom stereocenters. The number of aryl methyl sites for hydroxylation is 2. The molecule has 96 valence electrons. The zero-order valence-electron chi connectivity index (χ0n) is 11.4. The molecule has 1 unspecified atom stereocenters. The molecule has 0 aliphatic heterocycles. The van der Waals surface area contributed by atoms with Crippen LogP contribution in [-0.2, 0) is 6.42 Å². The SMILES string of the molecule is CCNC(c1ccc(CC)s1)c1ccccc1C. The standard InChI is InChI=1S/C16H21NS/c1-4-13-10-11-15(18-13)16(17-5-2)14-9-7-6-8-12(14)3/h6-11,16-17H,4-5H2,1-3H3. The van der Waals surface area contributed by atoms with Crippen LogP contribution in [0.3, 0.4) is 0 Å². The minimum Gasteiger partial charge on any atom is -0.306 e. The average Bonchev–Trinajstić information content (AvgIpc) is 2.85. The molecular weight excluding hydrogens is 238 g/mol. The topological polar surface area (TPSA) is 12.0 Å². The normalized spacial score (nSPS) is 12.6. The van der Waals surface area contributed by atoms with E-state index in [0.29, 0.717) is 6.04 Å². The van der Waals surface area contributed by atoms with Crippen LogP contribution in [0.1, 0.15) is 40.8 Å². The van der Waals surface area contributed by atoms with Gasteiger partial charge in [-0.3, -0.25) is 0 Å². The average molecular weight is 259 g/mol. The maximum atomic E-state index is 3.60. The van der Waals surface area contributed by atoms with Crippen LogP contribution in [-0.4, -0.2) is 6.54 Å². The Balaban J connectivity index is 2.36. The van der Waals surface area contributed by atoms with E-state index < -0.39 is 0 Å². The molecule has 0 saturated carbocycles. The highest BCUT2D eigenvalue weighted by atomic mass is 32.1. The third-order valence-corrected chi connectivity index (χ3v) is 4.52. The lowest BCUT2D eigenvalue weighted by Gasteiger charge is -2.19. The third kappa shape index (κ3) is 2.82. The fraction of sp³-hybridized carbons (Fsp3) is 0.375. The lowest BCUT2D eigenvalue weighted by molar-refractivity contribution is 0.637. The first-order valence-electron chi connectivity index (χ1n) is 6.63.